The first-order valence-electron chi connectivity index (χ1n) is 9.02. The molecule has 0 radical (unpaired) electrons. The third kappa shape index (κ3) is 5.36. The monoisotopic (exact) mass is 381 g/mol. The minimum Gasteiger partial charge on any atom is -0.379 e. The van der Waals surface area contributed by atoms with Gasteiger partial charge >= 0.3 is 0 Å². The summed E-state index contributed by atoms with van der Waals surface area (Å²) < 4.78 is 32.0. The Labute approximate surface area is 155 Å². The quantitative estimate of drug-likeness (QED) is 0.553. The number of hydrogen-bond acceptors (Lipinski definition) is 5. The van der Waals surface area contributed by atoms with Crippen molar-refractivity contribution in [3.05, 3.63) is 29.8 Å². The summed E-state index contributed by atoms with van der Waals surface area (Å²) in [5.41, 5.74) is 3.77. The Bertz CT molecular complexity index is 733. The minimum absolute atomic E-state index is 0.110. The maximum atomic E-state index is 12.7. The summed E-state index contributed by atoms with van der Waals surface area (Å²) >= 11 is 0. The smallest absolute Gasteiger partial charge is 0.271 e. The second-order valence-electron chi connectivity index (χ2n) is 6.16. The van der Waals surface area contributed by atoms with Gasteiger partial charge in [0.05, 0.1) is 18.1 Å². The minimum atomic E-state index is -3.63. The zero-order valence-corrected chi connectivity index (χ0v) is 16.2. The normalized spacial score (nSPS) is 15.5. The number of hydrazone groups is 1. The molecule has 1 aliphatic heterocycles. The van der Waals surface area contributed by atoms with E-state index in [1.165, 1.54) is 16.4 Å². The molecule has 1 N–H and O–H groups in total. The van der Waals surface area contributed by atoms with E-state index in [-0.39, 0.29) is 10.5 Å². The molecule has 1 saturated heterocycles. The molecule has 0 saturated carbocycles. The van der Waals surface area contributed by atoms with Crippen molar-refractivity contribution >= 4 is 21.6 Å². The fourth-order valence-electron chi connectivity index (χ4n) is 2.74. The molecule has 1 heterocycles. The molecule has 1 aliphatic rings. The van der Waals surface area contributed by atoms with Crippen LogP contribution in [0.2, 0.25) is 0 Å². The summed E-state index contributed by atoms with van der Waals surface area (Å²) in [5.74, 6) is -0.409. The van der Waals surface area contributed by atoms with Crippen molar-refractivity contribution in [2.24, 2.45) is 5.10 Å². The van der Waals surface area contributed by atoms with Gasteiger partial charge < -0.3 is 4.74 Å². The van der Waals surface area contributed by atoms with E-state index >= 15 is 0 Å². The molecule has 1 aromatic carbocycles. The first kappa shape index (κ1) is 20.5. The summed E-state index contributed by atoms with van der Waals surface area (Å²) in [6.07, 6.45) is 3.59. The predicted octanol–water partition coefficient (Wildman–Crippen LogP) is 2.39. The fourth-order valence-corrected chi connectivity index (χ4v) is 4.20. The molecule has 2 rings (SSSR count). The van der Waals surface area contributed by atoms with Crippen molar-refractivity contribution in [3.63, 3.8) is 0 Å². The number of nitrogens with zero attached hydrogens (tertiary/aromatic N) is 2. The number of rotatable bonds is 8. The average Bonchev–Trinajstić information content (AvgIpc) is 2.67. The molecule has 0 spiro atoms. The summed E-state index contributed by atoms with van der Waals surface area (Å²) in [6, 6.07) is 6.06. The van der Waals surface area contributed by atoms with Crippen LogP contribution in [0.3, 0.4) is 0 Å². The summed E-state index contributed by atoms with van der Waals surface area (Å²) in [6.45, 7) is 5.53. The molecule has 144 valence electrons. The van der Waals surface area contributed by atoms with E-state index in [9.17, 15) is 13.2 Å². The maximum Gasteiger partial charge on any atom is 0.271 e. The van der Waals surface area contributed by atoms with Crippen molar-refractivity contribution in [2.45, 2.75) is 44.4 Å². The highest BCUT2D eigenvalue weighted by Gasteiger charge is 2.26. The molecule has 1 fully saturated rings. The third-order valence-corrected chi connectivity index (χ3v) is 5.99. The van der Waals surface area contributed by atoms with Crippen LogP contribution in [-0.4, -0.2) is 50.6 Å². The van der Waals surface area contributed by atoms with Crippen molar-refractivity contribution in [1.29, 1.82) is 0 Å². The fraction of sp³-hybridized carbons (Fsp3) is 0.556. The van der Waals surface area contributed by atoms with Crippen LogP contribution in [-0.2, 0) is 14.8 Å². The highest BCUT2D eigenvalue weighted by Crippen LogP contribution is 2.18. The highest BCUT2D eigenvalue weighted by molar-refractivity contribution is 7.89. The Kier molecular flexibility index (Phi) is 7.74. The Morgan fingerprint density at radius 3 is 2.46 bits per heavy atom. The SMILES string of the molecule is CCCC(CCC)=NNC(=O)c1cccc(S(=O)(=O)N2CCOCC2)c1. The van der Waals surface area contributed by atoms with Gasteiger partial charge in [-0.25, -0.2) is 13.8 Å². The van der Waals surface area contributed by atoms with Crippen LogP contribution in [0.15, 0.2) is 34.3 Å². The van der Waals surface area contributed by atoms with Gasteiger partial charge in [-0.3, -0.25) is 4.79 Å². The maximum absolute atomic E-state index is 12.7. The summed E-state index contributed by atoms with van der Waals surface area (Å²) in [4.78, 5) is 12.5. The van der Waals surface area contributed by atoms with Gasteiger partial charge in [-0.15, -0.1) is 0 Å². The molecular weight excluding hydrogens is 354 g/mol. The van der Waals surface area contributed by atoms with Gasteiger partial charge in [-0.1, -0.05) is 32.8 Å². The number of benzene rings is 1. The van der Waals surface area contributed by atoms with E-state index < -0.39 is 15.9 Å². The number of ether oxygens (including phenoxy) is 1. The molecule has 0 bridgehead atoms. The topological polar surface area (TPSA) is 88.1 Å². The van der Waals surface area contributed by atoms with Crippen molar-refractivity contribution in [1.82, 2.24) is 9.73 Å². The van der Waals surface area contributed by atoms with E-state index in [0.29, 0.717) is 26.3 Å². The zero-order valence-electron chi connectivity index (χ0n) is 15.4. The van der Waals surface area contributed by atoms with Gasteiger partial charge in [0.15, 0.2) is 0 Å². The molecule has 8 heteroatoms. The van der Waals surface area contributed by atoms with E-state index in [2.05, 4.69) is 24.4 Å². The molecule has 0 aliphatic carbocycles. The average molecular weight is 381 g/mol. The highest BCUT2D eigenvalue weighted by atomic mass is 32.2. The van der Waals surface area contributed by atoms with Crippen LogP contribution in [0, 0.1) is 0 Å². The van der Waals surface area contributed by atoms with Crippen LogP contribution in [0.1, 0.15) is 49.9 Å². The lowest BCUT2D eigenvalue weighted by atomic mass is 10.1. The van der Waals surface area contributed by atoms with Crippen LogP contribution in [0.4, 0.5) is 0 Å². The van der Waals surface area contributed by atoms with Crippen LogP contribution < -0.4 is 5.43 Å². The molecule has 0 aromatic heterocycles. The molecule has 1 aromatic rings. The number of carbonyl (C=O) groups excluding carboxylic acids is 1. The number of nitrogens with one attached hydrogen (secondary N) is 1. The van der Waals surface area contributed by atoms with Gasteiger partial charge in [-0.2, -0.15) is 9.41 Å². The number of carbonyl (C=O) groups is 1. The molecular formula is C18H27N3O4S. The lowest BCUT2D eigenvalue weighted by Gasteiger charge is -2.26. The second-order valence-corrected chi connectivity index (χ2v) is 8.10. The summed E-state index contributed by atoms with van der Waals surface area (Å²) in [7, 11) is -3.63. The molecule has 0 unspecified atom stereocenters. The van der Waals surface area contributed by atoms with Crippen molar-refractivity contribution in [3.8, 4) is 0 Å². The largest absolute Gasteiger partial charge is 0.379 e. The molecule has 0 atom stereocenters. The first-order valence-corrected chi connectivity index (χ1v) is 10.5. The van der Waals surface area contributed by atoms with E-state index in [1.807, 2.05) is 0 Å². The van der Waals surface area contributed by atoms with Gasteiger partial charge in [0.25, 0.3) is 5.91 Å². The van der Waals surface area contributed by atoms with Crippen LogP contribution >= 0.6 is 0 Å². The molecule has 7 nitrogen and oxygen atoms in total. The lowest BCUT2D eigenvalue weighted by Crippen LogP contribution is -2.40. The predicted molar refractivity (Wildman–Crippen MR) is 101 cm³/mol. The van der Waals surface area contributed by atoms with Gasteiger partial charge in [-0.05, 0) is 31.0 Å². The van der Waals surface area contributed by atoms with Crippen molar-refractivity contribution in [2.75, 3.05) is 26.3 Å². The van der Waals surface area contributed by atoms with Crippen LogP contribution in [0.25, 0.3) is 0 Å². The van der Waals surface area contributed by atoms with Crippen LogP contribution in [0.5, 0.6) is 0 Å². The second kappa shape index (κ2) is 9.80. The van der Waals surface area contributed by atoms with E-state index in [0.717, 1.165) is 31.4 Å². The van der Waals surface area contributed by atoms with E-state index in [4.69, 9.17) is 4.74 Å². The lowest BCUT2D eigenvalue weighted by molar-refractivity contribution is 0.0730. The standard InChI is InChI=1S/C18H27N3O4S/c1-3-6-16(7-4-2)19-20-18(22)15-8-5-9-17(14-15)26(23,24)21-10-12-25-13-11-21/h5,8-9,14H,3-4,6-7,10-13H2,1-2H3,(H,20,22). The number of sulfonamides is 1. The number of morpholine rings is 1. The third-order valence-electron chi connectivity index (χ3n) is 4.10. The zero-order chi connectivity index (χ0) is 19.0. The van der Waals surface area contributed by atoms with Gasteiger partial charge in [0, 0.05) is 24.4 Å². The molecule has 1 amide bonds. The Morgan fingerprint density at radius 1 is 1.19 bits per heavy atom. The van der Waals surface area contributed by atoms with Gasteiger partial charge in [0.2, 0.25) is 10.0 Å². The summed E-state index contributed by atoms with van der Waals surface area (Å²) in [5, 5.41) is 4.20. The molecule has 26 heavy (non-hydrogen) atoms. The Morgan fingerprint density at radius 2 is 1.85 bits per heavy atom. The van der Waals surface area contributed by atoms with Gasteiger partial charge in [0.1, 0.15) is 0 Å². The van der Waals surface area contributed by atoms with Crippen molar-refractivity contribution < 1.29 is 17.9 Å². The van der Waals surface area contributed by atoms with E-state index in [1.54, 1.807) is 12.1 Å². The Balaban J connectivity index is 2.15. The number of amides is 1. The first-order chi connectivity index (χ1) is 12.5. The number of hydrogen-bond donors (Lipinski definition) is 1. The Hall–Kier alpha value is -1.77.